The van der Waals surface area contributed by atoms with Crippen molar-refractivity contribution in [1.29, 1.82) is 5.26 Å². The van der Waals surface area contributed by atoms with E-state index in [9.17, 15) is 9.59 Å². The van der Waals surface area contributed by atoms with E-state index in [4.69, 9.17) is 15.1 Å². The minimum absolute atomic E-state index is 0.161. The first-order valence-corrected chi connectivity index (χ1v) is 6.28. The molecule has 1 atom stereocenters. The first-order valence-electron chi connectivity index (χ1n) is 6.28. The molecule has 21 heavy (non-hydrogen) atoms. The molecular weight excluding hydrogens is 274 g/mol. The van der Waals surface area contributed by atoms with Crippen LogP contribution in [0.25, 0.3) is 6.08 Å². The lowest BCUT2D eigenvalue weighted by Gasteiger charge is -2.29. The van der Waals surface area contributed by atoms with Crippen LogP contribution in [0.2, 0.25) is 0 Å². The summed E-state index contributed by atoms with van der Waals surface area (Å²) >= 11 is 0. The number of carbonyl (C=O) groups excluding carboxylic acids is 1. The molecule has 1 N–H and O–H groups in total. The number of hydrogen-bond donors (Lipinski definition) is 1. The predicted molar refractivity (Wildman–Crippen MR) is 72.2 cm³/mol. The highest BCUT2D eigenvalue weighted by molar-refractivity contribution is 5.97. The van der Waals surface area contributed by atoms with E-state index < -0.39 is 12.1 Å². The van der Waals surface area contributed by atoms with Gasteiger partial charge >= 0.3 is 5.97 Å². The van der Waals surface area contributed by atoms with Gasteiger partial charge in [-0.15, -0.1) is 0 Å². The maximum atomic E-state index is 12.4. The van der Waals surface area contributed by atoms with Crippen molar-refractivity contribution in [2.75, 3.05) is 19.7 Å². The van der Waals surface area contributed by atoms with Crippen LogP contribution in [0.15, 0.2) is 24.4 Å². The van der Waals surface area contributed by atoms with E-state index >= 15 is 0 Å². The lowest BCUT2D eigenvalue weighted by atomic mass is 10.1. The lowest BCUT2D eigenvalue weighted by Crippen LogP contribution is -2.45. The van der Waals surface area contributed by atoms with Crippen LogP contribution in [-0.2, 0) is 9.53 Å². The van der Waals surface area contributed by atoms with E-state index in [-0.39, 0.29) is 24.8 Å². The van der Waals surface area contributed by atoms with Gasteiger partial charge in [0, 0.05) is 24.4 Å². The van der Waals surface area contributed by atoms with Crippen LogP contribution >= 0.6 is 0 Å². The number of nitrogens with zero attached hydrogens (tertiary/aromatic N) is 3. The fraction of sp³-hybridized carbons (Fsp3) is 0.286. The zero-order valence-electron chi connectivity index (χ0n) is 11.1. The van der Waals surface area contributed by atoms with E-state index in [2.05, 4.69) is 4.98 Å². The molecule has 1 aliphatic heterocycles. The van der Waals surface area contributed by atoms with Gasteiger partial charge < -0.3 is 14.7 Å². The minimum Gasteiger partial charge on any atom is -0.478 e. The van der Waals surface area contributed by atoms with E-state index in [0.717, 1.165) is 6.08 Å². The van der Waals surface area contributed by atoms with E-state index in [0.29, 0.717) is 12.1 Å². The molecule has 0 spiro atoms. The highest BCUT2D eigenvalue weighted by atomic mass is 16.5. The summed E-state index contributed by atoms with van der Waals surface area (Å²) in [6, 6.07) is 5.20. The summed E-state index contributed by atoms with van der Waals surface area (Å²) in [5.74, 6) is -1.45. The first kappa shape index (κ1) is 14.7. The zero-order valence-corrected chi connectivity index (χ0v) is 11.1. The largest absolute Gasteiger partial charge is 0.478 e. The van der Waals surface area contributed by atoms with Crippen LogP contribution < -0.4 is 0 Å². The first-order chi connectivity index (χ1) is 10.1. The number of ether oxygens (including phenoxy) is 1. The molecule has 7 nitrogen and oxygen atoms in total. The van der Waals surface area contributed by atoms with Gasteiger partial charge in [0.25, 0.3) is 5.91 Å². The summed E-state index contributed by atoms with van der Waals surface area (Å²) in [7, 11) is 0. The Kier molecular flexibility index (Phi) is 4.64. The molecule has 0 saturated carbocycles. The quantitative estimate of drug-likeness (QED) is 0.814. The van der Waals surface area contributed by atoms with Crippen LogP contribution in [0.5, 0.6) is 0 Å². The highest BCUT2D eigenvalue weighted by Gasteiger charge is 2.26. The summed E-state index contributed by atoms with van der Waals surface area (Å²) in [4.78, 5) is 28.5. The van der Waals surface area contributed by atoms with Crippen molar-refractivity contribution in [3.05, 3.63) is 35.7 Å². The summed E-state index contributed by atoms with van der Waals surface area (Å²) in [6.07, 6.45) is 3.09. The van der Waals surface area contributed by atoms with Crippen molar-refractivity contribution in [3.8, 4) is 6.07 Å². The number of pyridine rings is 1. The number of aliphatic carboxylic acids is 1. The molecule has 1 fully saturated rings. The monoisotopic (exact) mass is 287 g/mol. The summed E-state index contributed by atoms with van der Waals surface area (Å²) in [5.41, 5.74) is 0.582. The second-order valence-electron chi connectivity index (χ2n) is 4.35. The molecule has 7 heteroatoms. The fourth-order valence-corrected chi connectivity index (χ4v) is 1.95. The maximum absolute atomic E-state index is 12.4. The number of nitriles is 1. The molecular formula is C14H13N3O4. The smallest absolute Gasteiger partial charge is 0.328 e. The van der Waals surface area contributed by atoms with Gasteiger partial charge in [-0.25, -0.2) is 4.79 Å². The van der Waals surface area contributed by atoms with Gasteiger partial charge in [0.2, 0.25) is 0 Å². The van der Waals surface area contributed by atoms with Crippen molar-refractivity contribution in [2.24, 2.45) is 0 Å². The Hall–Kier alpha value is -2.72. The summed E-state index contributed by atoms with van der Waals surface area (Å²) < 4.78 is 5.19. The van der Waals surface area contributed by atoms with Gasteiger partial charge in [-0.05, 0) is 12.1 Å². The molecule has 1 aromatic heterocycles. The molecule has 2 heterocycles. The molecule has 1 saturated heterocycles. The number of aromatic nitrogens is 1. The second kappa shape index (κ2) is 6.63. The zero-order chi connectivity index (χ0) is 15.2. The Morgan fingerprint density at radius 3 is 3.10 bits per heavy atom. The highest BCUT2D eigenvalue weighted by Crippen LogP contribution is 2.13. The Morgan fingerprint density at radius 2 is 2.38 bits per heavy atom. The third-order valence-corrected chi connectivity index (χ3v) is 2.94. The molecule has 0 aromatic carbocycles. The topological polar surface area (TPSA) is 104 Å². The van der Waals surface area contributed by atoms with Crippen LogP contribution in [0.1, 0.15) is 16.1 Å². The number of carboxylic acids is 1. The van der Waals surface area contributed by atoms with Gasteiger partial charge in [-0.2, -0.15) is 5.26 Å². The lowest BCUT2D eigenvalue weighted by molar-refractivity contribution is -0.131. The third kappa shape index (κ3) is 3.64. The van der Waals surface area contributed by atoms with Crippen molar-refractivity contribution >= 4 is 18.0 Å². The Morgan fingerprint density at radius 1 is 1.57 bits per heavy atom. The molecule has 108 valence electrons. The predicted octanol–water partition coefficient (Wildman–Crippen LogP) is 0.544. The SMILES string of the molecule is N#CC1CN(C(=O)c2ncccc2/C=C/C(=O)O)CCO1. The van der Waals surface area contributed by atoms with Crippen molar-refractivity contribution in [1.82, 2.24) is 9.88 Å². The summed E-state index contributed by atoms with van der Waals surface area (Å²) in [6.45, 7) is 0.834. The molecule has 1 aromatic rings. The molecule has 1 amide bonds. The molecule has 0 bridgehead atoms. The van der Waals surface area contributed by atoms with Crippen LogP contribution in [-0.4, -0.2) is 52.7 Å². The number of amides is 1. The van der Waals surface area contributed by atoms with Gasteiger partial charge in [0.05, 0.1) is 19.2 Å². The van der Waals surface area contributed by atoms with Crippen LogP contribution in [0, 0.1) is 11.3 Å². The van der Waals surface area contributed by atoms with Crippen molar-refractivity contribution in [3.63, 3.8) is 0 Å². The molecule has 1 unspecified atom stereocenters. The minimum atomic E-state index is -1.10. The Bertz CT molecular complexity index is 621. The van der Waals surface area contributed by atoms with Crippen molar-refractivity contribution in [2.45, 2.75) is 6.10 Å². The Balaban J connectivity index is 2.23. The van der Waals surface area contributed by atoms with Gasteiger partial charge in [0.1, 0.15) is 5.69 Å². The molecule has 0 aliphatic carbocycles. The standard InChI is InChI=1S/C14H13N3O4/c15-8-11-9-17(6-7-21-11)14(20)13-10(2-1-5-16-13)3-4-12(18)19/h1-5,11H,6-7,9H2,(H,18,19)/b4-3+. The normalized spacial score (nSPS) is 18.4. The molecule has 0 radical (unpaired) electrons. The van der Waals surface area contributed by atoms with Gasteiger partial charge in [-0.3, -0.25) is 9.78 Å². The van der Waals surface area contributed by atoms with Gasteiger partial charge in [-0.1, -0.05) is 6.07 Å². The van der Waals surface area contributed by atoms with Crippen LogP contribution in [0.3, 0.4) is 0 Å². The number of morpholine rings is 1. The summed E-state index contributed by atoms with van der Waals surface area (Å²) in [5, 5.41) is 17.5. The fourth-order valence-electron chi connectivity index (χ4n) is 1.95. The van der Waals surface area contributed by atoms with Crippen molar-refractivity contribution < 1.29 is 19.4 Å². The number of rotatable bonds is 3. The number of hydrogen-bond acceptors (Lipinski definition) is 5. The number of carboxylic acid groups (broad SMARTS) is 1. The Labute approximate surface area is 121 Å². The average molecular weight is 287 g/mol. The van der Waals surface area contributed by atoms with Crippen LogP contribution in [0.4, 0.5) is 0 Å². The van der Waals surface area contributed by atoms with Gasteiger partial charge in [0.15, 0.2) is 6.10 Å². The molecule has 1 aliphatic rings. The average Bonchev–Trinajstić information content (AvgIpc) is 2.52. The van der Waals surface area contributed by atoms with E-state index in [1.807, 2.05) is 6.07 Å². The number of carbonyl (C=O) groups is 2. The third-order valence-electron chi connectivity index (χ3n) is 2.94. The van der Waals surface area contributed by atoms with E-state index in [1.165, 1.54) is 17.2 Å². The maximum Gasteiger partial charge on any atom is 0.328 e. The second-order valence-corrected chi connectivity index (χ2v) is 4.35. The molecule has 2 rings (SSSR count). The van der Waals surface area contributed by atoms with E-state index in [1.54, 1.807) is 12.1 Å².